The van der Waals surface area contributed by atoms with Crippen LogP contribution in [0.15, 0.2) is 35.7 Å². The molecule has 0 aliphatic carbocycles. The minimum atomic E-state index is -0.427. The van der Waals surface area contributed by atoms with Gasteiger partial charge in [0.15, 0.2) is 0 Å². The number of methoxy groups -OCH3 is 1. The largest absolute Gasteiger partial charge is 0.497 e. The van der Waals surface area contributed by atoms with Crippen molar-refractivity contribution >= 4 is 41.4 Å². The van der Waals surface area contributed by atoms with Gasteiger partial charge in [0, 0.05) is 4.88 Å². The molecule has 4 nitrogen and oxygen atoms in total. The summed E-state index contributed by atoms with van der Waals surface area (Å²) in [6, 6.07) is 9.62. The maximum Gasteiger partial charge on any atom is 0.237 e. The Bertz CT molecular complexity index is 632. The maximum atomic E-state index is 11.9. The molecule has 0 aliphatic rings. The predicted molar refractivity (Wildman–Crippen MR) is 106 cm³/mol. The first-order chi connectivity index (χ1) is 11.1. The third-order valence-electron chi connectivity index (χ3n) is 3.48. The van der Waals surface area contributed by atoms with E-state index >= 15 is 0 Å². The molecule has 24 heavy (non-hydrogen) atoms. The Morgan fingerprint density at radius 1 is 1.33 bits per heavy atom. The van der Waals surface area contributed by atoms with Crippen LogP contribution >= 0.6 is 35.5 Å². The summed E-state index contributed by atoms with van der Waals surface area (Å²) < 4.78 is 5.17. The number of carbonyl (C=O) groups is 1. The van der Waals surface area contributed by atoms with Crippen LogP contribution in [0.3, 0.4) is 0 Å². The van der Waals surface area contributed by atoms with Crippen LogP contribution in [-0.4, -0.2) is 31.1 Å². The Balaban J connectivity index is 0.00000288. The summed E-state index contributed by atoms with van der Waals surface area (Å²) in [5.41, 5.74) is 8.14. The van der Waals surface area contributed by atoms with Crippen molar-refractivity contribution in [2.45, 2.75) is 19.0 Å². The summed E-state index contributed by atoms with van der Waals surface area (Å²) in [5.74, 6) is 1.66. The highest BCUT2D eigenvalue weighted by molar-refractivity contribution is 7.98. The second kappa shape index (κ2) is 10.6. The first-order valence-corrected chi connectivity index (χ1v) is 9.65. The minimum Gasteiger partial charge on any atom is -0.497 e. The molecule has 132 valence electrons. The van der Waals surface area contributed by atoms with Gasteiger partial charge in [0.05, 0.1) is 19.7 Å². The summed E-state index contributed by atoms with van der Waals surface area (Å²) >= 11 is 3.33. The molecule has 0 spiro atoms. The molecule has 1 aromatic carbocycles. The number of hydrogen-bond acceptors (Lipinski definition) is 5. The molecule has 2 rings (SSSR count). The lowest BCUT2D eigenvalue weighted by Gasteiger charge is -2.10. The van der Waals surface area contributed by atoms with E-state index in [4.69, 9.17) is 10.5 Å². The average Bonchev–Trinajstić information content (AvgIpc) is 3.06. The van der Waals surface area contributed by atoms with E-state index in [9.17, 15) is 4.79 Å². The van der Waals surface area contributed by atoms with Crippen LogP contribution in [0.2, 0.25) is 0 Å². The lowest BCUT2D eigenvalue weighted by molar-refractivity contribution is -0.122. The van der Waals surface area contributed by atoms with Crippen LogP contribution < -0.4 is 15.8 Å². The van der Waals surface area contributed by atoms with Gasteiger partial charge in [-0.2, -0.15) is 11.8 Å². The van der Waals surface area contributed by atoms with Crippen molar-refractivity contribution in [3.8, 4) is 16.9 Å². The SMILES string of the molecule is COc1ccc(-c2csc(CNC(=O)[C@@H](N)CCSC)c2)cc1.Cl. The fraction of sp³-hybridized carbons (Fsp3) is 0.353. The first kappa shape index (κ1) is 20.8. The molecule has 7 heteroatoms. The van der Waals surface area contributed by atoms with Crippen molar-refractivity contribution in [1.82, 2.24) is 5.32 Å². The van der Waals surface area contributed by atoms with Crippen LogP contribution in [0.4, 0.5) is 0 Å². The van der Waals surface area contributed by atoms with Gasteiger partial charge < -0.3 is 15.8 Å². The number of nitrogens with one attached hydrogen (secondary N) is 1. The molecule has 0 bridgehead atoms. The summed E-state index contributed by atoms with van der Waals surface area (Å²) in [7, 11) is 1.66. The predicted octanol–water partition coefficient (Wildman–Crippen LogP) is 3.54. The van der Waals surface area contributed by atoms with Crippen molar-refractivity contribution in [1.29, 1.82) is 0 Å². The fourth-order valence-corrected chi connectivity index (χ4v) is 3.41. The van der Waals surface area contributed by atoms with Gasteiger partial charge in [0.1, 0.15) is 5.75 Å². The van der Waals surface area contributed by atoms with Crippen LogP contribution in [0.25, 0.3) is 11.1 Å². The minimum absolute atomic E-state index is 0. The van der Waals surface area contributed by atoms with Gasteiger partial charge in [-0.15, -0.1) is 23.7 Å². The number of ether oxygens (including phenoxy) is 1. The van der Waals surface area contributed by atoms with Crippen LogP contribution in [0.1, 0.15) is 11.3 Å². The number of amides is 1. The smallest absolute Gasteiger partial charge is 0.237 e. The first-order valence-electron chi connectivity index (χ1n) is 7.38. The molecule has 1 aromatic heterocycles. The van der Waals surface area contributed by atoms with Gasteiger partial charge in [-0.05, 0) is 53.1 Å². The molecule has 0 saturated carbocycles. The molecule has 0 unspecified atom stereocenters. The number of thioether (sulfide) groups is 1. The number of benzene rings is 1. The Hall–Kier alpha value is -1.21. The van der Waals surface area contributed by atoms with Gasteiger partial charge in [-0.25, -0.2) is 0 Å². The van der Waals surface area contributed by atoms with E-state index in [2.05, 4.69) is 16.8 Å². The molecular weight excluding hydrogens is 364 g/mol. The summed E-state index contributed by atoms with van der Waals surface area (Å²) in [6.45, 7) is 0.520. The highest BCUT2D eigenvalue weighted by Crippen LogP contribution is 2.27. The van der Waals surface area contributed by atoms with E-state index in [-0.39, 0.29) is 18.3 Å². The Morgan fingerprint density at radius 3 is 2.67 bits per heavy atom. The van der Waals surface area contributed by atoms with Crippen molar-refractivity contribution in [2.24, 2.45) is 5.73 Å². The number of halogens is 1. The third kappa shape index (κ3) is 6.02. The number of thiophene rings is 1. The van der Waals surface area contributed by atoms with Crippen LogP contribution in [0, 0.1) is 0 Å². The topological polar surface area (TPSA) is 64.3 Å². The third-order valence-corrected chi connectivity index (χ3v) is 5.06. The quantitative estimate of drug-likeness (QED) is 0.728. The lowest BCUT2D eigenvalue weighted by atomic mass is 10.1. The Labute approximate surface area is 157 Å². The Kier molecular flexibility index (Phi) is 9.21. The van der Waals surface area contributed by atoms with E-state index < -0.39 is 6.04 Å². The second-order valence-corrected chi connectivity index (χ2v) is 7.12. The molecule has 3 N–H and O–H groups in total. The molecule has 0 saturated heterocycles. The van der Waals surface area contributed by atoms with Crippen molar-refractivity contribution in [2.75, 3.05) is 19.1 Å². The molecule has 1 amide bonds. The average molecular weight is 387 g/mol. The van der Waals surface area contributed by atoms with E-state index in [1.807, 2.05) is 30.5 Å². The van der Waals surface area contributed by atoms with Crippen molar-refractivity contribution in [3.05, 3.63) is 40.6 Å². The van der Waals surface area contributed by atoms with E-state index in [0.29, 0.717) is 13.0 Å². The van der Waals surface area contributed by atoms with Crippen molar-refractivity contribution < 1.29 is 9.53 Å². The van der Waals surface area contributed by atoms with Gasteiger partial charge in [-0.3, -0.25) is 4.79 Å². The highest BCUT2D eigenvalue weighted by atomic mass is 35.5. The zero-order valence-corrected chi connectivity index (χ0v) is 16.2. The van der Waals surface area contributed by atoms with Gasteiger partial charge in [0.25, 0.3) is 0 Å². The molecular formula is C17H23ClN2O2S2. The number of nitrogens with two attached hydrogens (primary N) is 1. The molecule has 0 radical (unpaired) electrons. The molecule has 2 aromatic rings. The fourth-order valence-electron chi connectivity index (χ4n) is 2.09. The van der Waals surface area contributed by atoms with Gasteiger partial charge in [0.2, 0.25) is 5.91 Å². The van der Waals surface area contributed by atoms with Gasteiger partial charge in [-0.1, -0.05) is 12.1 Å². The number of hydrogen-bond donors (Lipinski definition) is 2. The molecule has 0 fully saturated rings. The summed E-state index contributed by atoms with van der Waals surface area (Å²) in [6.07, 6.45) is 2.71. The summed E-state index contributed by atoms with van der Waals surface area (Å²) in [4.78, 5) is 13.0. The van der Waals surface area contributed by atoms with Gasteiger partial charge >= 0.3 is 0 Å². The van der Waals surface area contributed by atoms with E-state index in [1.54, 1.807) is 30.2 Å². The standard InChI is InChI=1S/C17H22N2O2S2.ClH/c1-21-14-5-3-12(4-6-14)13-9-15(23-11-13)10-19-17(20)16(18)7-8-22-2;/h3-6,9,11,16H,7-8,10,18H2,1-2H3,(H,19,20);1H/t16-;/m0./s1. The zero-order valence-electron chi connectivity index (χ0n) is 13.8. The van der Waals surface area contributed by atoms with Crippen LogP contribution in [-0.2, 0) is 11.3 Å². The normalized spacial score (nSPS) is 11.5. The molecule has 1 heterocycles. The highest BCUT2D eigenvalue weighted by Gasteiger charge is 2.12. The maximum absolute atomic E-state index is 11.9. The number of rotatable bonds is 8. The van der Waals surface area contributed by atoms with E-state index in [1.165, 1.54) is 0 Å². The zero-order chi connectivity index (χ0) is 16.7. The van der Waals surface area contributed by atoms with Crippen molar-refractivity contribution in [3.63, 3.8) is 0 Å². The monoisotopic (exact) mass is 386 g/mol. The van der Waals surface area contributed by atoms with E-state index in [0.717, 1.165) is 27.5 Å². The molecule has 1 atom stereocenters. The lowest BCUT2D eigenvalue weighted by Crippen LogP contribution is -2.40. The van der Waals surface area contributed by atoms with Crippen LogP contribution in [0.5, 0.6) is 5.75 Å². The second-order valence-electron chi connectivity index (χ2n) is 5.14. The summed E-state index contributed by atoms with van der Waals surface area (Å²) in [5, 5.41) is 5.00. The number of carbonyl (C=O) groups excluding carboxylic acids is 1. The Morgan fingerprint density at radius 2 is 2.04 bits per heavy atom. The molecule has 0 aliphatic heterocycles.